The number of benzene rings is 1. The molecule has 0 saturated carbocycles. The summed E-state index contributed by atoms with van der Waals surface area (Å²) in [5.41, 5.74) is 5.23. The molecule has 82 valence electrons. The van der Waals surface area contributed by atoms with E-state index in [0.717, 1.165) is 0 Å². The van der Waals surface area contributed by atoms with Gasteiger partial charge in [0.2, 0.25) is 5.95 Å². The van der Waals surface area contributed by atoms with Crippen LogP contribution in [0, 0.1) is 0 Å². The van der Waals surface area contributed by atoms with Gasteiger partial charge in [0.15, 0.2) is 5.69 Å². The van der Waals surface area contributed by atoms with Crippen LogP contribution in [-0.4, -0.2) is 15.2 Å². The number of nitrogens with two attached hydrogens (primary N) is 1. The van der Waals surface area contributed by atoms with Crippen molar-refractivity contribution in [2.24, 2.45) is 0 Å². The number of aromatic amines is 1. The summed E-state index contributed by atoms with van der Waals surface area (Å²) in [7, 11) is 0. The number of H-pyrrole nitrogens is 1. The highest BCUT2D eigenvalue weighted by atomic mass is 35.5. The molecule has 2 rings (SSSR count). The van der Waals surface area contributed by atoms with Gasteiger partial charge in [-0.1, -0.05) is 35.3 Å². The second-order valence-electron chi connectivity index (χ2n) is 2.98. The van der Waals surface area contributed by atoms with Gasteiger partial charge in [0.25, 0.3) is 0 Å². The highest BCUT2D eigenvalue weighted by Gasteiger charge is 2.12. The lowest BCUT2D eigenvalue weighted by atomic mass is 10.1. The van der Waals surface area contributed by atoms with Crippen molar-refractivity contribution in [1.82, 2.24) is 15.2 Å². The number of aromatic nitrogens is 3. The van der Waals surface area contributed by atoms with Crippen molar-refractivity contribution >= 4 is 29.2 Å². The Balaban J connectivity index is 2.68. The molecule has 0 radical (unpaired) electrons. The maximum atomic E-state index is 11.5. The molecule has 1 aromatic heterocycles. The average molecular weight is 257 g/mol. The smallest absolute Gasteiger partial charge is 0.301 e. The van der Waals surface area contributed by atoms with Crippen LogP contribution < -0.4 is 11.3 Å². The summed E-state index contributed by atoms with van der Waals surface area (Å²) >= 11 is 11.8. The van der Waals surface area contributed by atoms with E-state index >= 15 is 0 Å². The van der Waals surface area contributed by atoms with Crippen LogP contribution in [0.5, 0.6) is 0 Å². The van der Waals surface area contributed by atoms with Gasteiger partial charge >= 0.3 is 5.56 Å². The van der Waals surface area contributed by atoms with Gasteiger partial charge in [-0.15, -0.1) is 0 Å². The molecule has 16 heavy (non-hydrogen) atoms. The third kappa shape index (κ3) is 1.87. The quantitative estimate of drug-likeness (QED) is 0.814. The molecule has 0 aliphatic carbocycles. The minimum absolute atomic E-state index is 0.0492. The first-order chi connectivity index (χ1) is 7.59. The number of hydrogen-bond donors (Lipinski definition) is 2. The van der Waals surface area contributed by atoms with E-state index in [1.165, 1.54) is 0 Å². The van der Waals surface area contributed by atoms with Crippen LogP contribution in [0.1, 0.15) is 0 Å². The average Bonchev–Trinajstić information content (AvgIpc) is 2.23. The fraction of sp³-hybridized carbons (Fsp3) is 0. The van der Waals surface area contributed by atoms with Gasteiger partial charge in [0.05, 0.1) is 10.0 Å². The lowest BCUT2D eigenvalue weighted by Crippen LogP contribution is -2.15. The highest BCUT2D eigenvalue weighted by molar-refractivity contribution is 6.43. The Bertz CT molecular complexity index is 596. The summed E-state index contributed by atoms with van der Waals surface area (Å²) < 4.78 is 0. The molecule has 0 saturated heterocycles. The van der Waals surface area contributed by atoms with Gasteiger partial charge in [-0.25, -0.2) is 5.10 Å². The van der Waals surface area contributed by atoms with Crippen LogP contribution in [0.15, 0.2) is 23.0 Å². The molecule has 0 unspecified atom stereocenters. The van der Waals surface area contributed by atoms with Crippen molar-refractivity contribution in [2.45, 2.75) is 0 Å². The number of hydrogen-bond acceptors (Lipinski definition) is 4. The molecule has 2 aromatic rings. The standard InChI is InChI=1S/C9H6Cl2N4O/c10-5-3-1-2-4(6(5)11)7-8(16)13-9(12)15-14-7/h1-3H,(H3,12,13,15,16). The van der Waals surface area contributed by atoms with Crippen LogP contribution in [-0.2, 0) is 0 Å². The van der Waals surface area contributed by atoms with E-state index in [1.54, 1.807) is 18.2 Å². The van der Waals surface area contributed by atoms with Gasteiger partial charge in [0, 0.05) is 5.56 Å². The first-order valence-electron chi connectivity index (χ1n) is 4.26. The molecule has 0 fully saturated rings. The lowest BCUT2D eigenvalue weighted by Gasteiger charge is -2.03. The van der Waals surface area contributed by atoms with E-state index in [0.29, 0.717) is 10.6 Å². The molecule has 1 aromatic carbocycles. The SMILES string of the molecule is Nc1nc(=O)c(-c2cccc(Cl)c2Cl)n[nH]1. The topological polar surface area (TPSA) is 84.7 Å². The third-order valence-corrected chi connectivity index (χ3v) is 2.73. The molecule has 3 N–H and O–H groups in total. The first-order valence-corrected chi connectivity index (χ1v) is 5.02. The van der Waals surface area contributed by atoms with Crippen molar-refractivity contribution in [3.05, 3.63) is 38.6 Å². The number of nitrogens with one attached hydrogen (secondary N) is 1. The summed E-state index contributed by atoms with van der Waals surface area (Å²) in [6, 6.07) is 4.91. The zero-order valence-corrected chi connectivity index (χ0v) is 9.38. The minimum Gasteiger partial charge on any atom is -0.368 e. The largest absolute Gasteiger partial charge is 0.368 e. The van der Waals surface area contributed by atoms with E-state index in [2.05, 4.69) is 15.2 Å². The van der Waals surface area contributed by atoms with Gasteiger partial charge < -0.3 is 5.73 Å². The summed E-state index contributed by atoms with van der Waals surface area (Å²) in [6.07, 6.45) is 0. The molecule has 0 atom stereocenters. The number of rotatable bonds is 1. The van der Waals surface area contributed by atoms with Crippen molar-refractivity contribution < 1.29 is 0 Å². The van der Waals surface area contributed by atoms with Crippen molar-refractivity contribution in [1.29, 1.82) is 0 Å². The zero-order chi connectivity index (χ0) is 11.7. The van der Waals surface area contributed by atoms with E-state index < -0.39 is 5.56 Å². The van der Waals surface area contributed by atoms with Crippen molar-refractivity contribution in [2.75, 3.05) is 5.73 Å². The van der Waals surface area contributed by atoms with Crippen molar-refractivity contribution in [3.8, 4) is 11.3 Å². The Hall–Kier alpha value is -1.59. The monoisotopic (exact) mass is 256 g/mol. The van der Waals surface area contributed by atoms with E-state index in [-0.39, 0.29) is 16.7 Å². The molecule has 0 bridgehead atoms. The van der Waals surface area contributed by atoms with Gasteiger partial charge in [-0.2, -0.15) is 10.1 Å². The summed E-state index contributed by atoms with van der Waals surface area (Å²) in [4.78, 5) is 15.1. The van der Waals surface area contributed by atoms with Crippen LogP contribution >= 0.6 is 23.2 Å². The second kappa shape index (κ2) is 4.11. The van der Waals surface area contributed by atoms with Crippen LogP contribution in [0.25, 0.3) is 11.3 Å². The highest BCUT2D eigenvalue weighted by Crippen LogP contribution is 2.30. The molecule has 7 heteroatoms. The van der Waals surface area contributed by atoms with Crippen molar-refractivity contribution in [3.63, 3.8) is 0 Å². The van der Waals surface area contributed by atoms with Crippen LogP contribution in [0.2, 0.25) is 10.0 Å². The predicted octanol–water partition coefficient (Wildman–Crippen LogP) is 1.72. The summed E-state index contributed by atoms with van der Waals surface area (Å²) in [5, 5.41) is 6.79. The normalized spacial score (nSPS) is 10.4. The van der Waals surface area contributed by atoms with Gasteiger partial charge in [-0.05, 0) is 6.07 Å². The Kier molecular flexibility index (Phi) is 2.80. The predicted molar refractivity (Wildman–Crippen MR) is 62.5 cm³/mol. The fourth-order valence-corrected chi connectivity index (χ4v) is 1.60. The Morgan fingerprint density at radius 3 is 2.75 bits per heavy atom. The Labute approximate surface area is 100 Å². The fourth-order valence-electron chi connectivity index (χ4n) is 1.21. The summed E-state index contributed by atoms with van der Waals surface area (Å²) in [5.74, 6) is -0.0492. The molecule has 5 nitrogen and oxygen atoms in total. The van der Waals surface area contributed by atoms with Crippen LogP contribution in [0.4, 0.5) is 5.95 Å². The minimum atomic E-state index is -0.555. The lowest BCUT2D eigenvalue weighted by molar-refractivity contribution is 0.969. The van der Waals surface area contributed by atoms with Gasteiger partial charge in [0.1, 0.15) is 0 Å². The van der Waals surface area contributed by atoms with E-state index in [9.17, 15) is 4.79 Å². The number of anilines is 1. The third-order valence-electron chi connectivity index (χ3n) is 1.91. The maximum absolute atomic E-state index is 11.5. The van der Waals surface area contributed by atoms with E-state index in [1.807, 2.05) is 0 Å². The Morgan fingerprint density at radius 1 is 1.31 bits per heavy atom. The van der Waals surface area contributed by atoms with E-state index in [4.69, 9.17) is 28.9 Å². The van der Waals surface area contributed by atoms with Gasteiger partial charge in [-0.3, -0.25) is 4.79 Å². The second-order valence-corrected chi connectivity index (χ2v) is 3.76. The molecule has 0 amide bonds. The molecule has 0 spiro atoms. The molecule has 1 heterocycles. The molecule has 0 aliphatic rings. The number of halogens is 2. The summed E-state index contributed by atoms with van der Waals surface area (Å²) in [6.45, 7) is 0. The molecular weight excluding hydrogens is 251 g/mol. The van der Waals surface area contributed by atoms with Crippen LogP contribution in [0.3, 0.4) is 0 Å². The molecule has 0 aliphatic heterocycles. The maximum Gasteiger partial charge on any atom is 0.301 e. The zero-order valence-electron chi connectivity index (χ0n) is 7.87. The number of nitrogen functional groups attached to an aromatic ring is 1. The number of nitrogens with zero attached hydrogens (tertiary/aromatic N) is 2. The first kappa shape index (κ1) is 10.9. The Morgan fingerprint density at radius 2 is 2.06 bits per heavy atom. The molecular formula is C9H6Cl2N4O.